The summed E-state index contributed by atoms with van der Waals surface area (Å²) in [7, 11) is 3.22. The summed E-state index contributed by atoms with van der Waals surface area (Å²) in [5, 5.41) is 16.5. The number of carboxylic acids is 1. The summed E-state index contributed by atoms with van der Waals surface area (Å²) < 4.78 is 26.4. The molecule has 2 atom stereocenters. The zero-order valence-corrected chi connectivity index (χ0v) is 24.9. The molecule has 3 aromatic rings. The molecule has 0 radical (unpaired) electrons. The lowest BCUT2D eigenvalue weighted by molar-refractivity contribution is -0.165. The van der Waals surface area contributed by atoms with E-state index in [9.17, 15) is 9.90 Å². The molecule has 0 bridgehead atoms. The molecule has 224 valence electrons. The van der Waals surface area contributed by atoms with Crippen molar-refractivity contribution in [3.8, 4) is 17.2 Å². The summed E-state index contributed by atoms with van der Waals surface area (Å²) in [4.78, 5) is 11.9. The molecule has 0 unspecified atom stereocenters. The molecule has 5 rings (SSSR count). The Labute approximate surface area is 249 Å². The lowest BCUT2D eigenvalue weighted by atomic mass is 9.97. The van der Waals surface area contributed by atoms with Crippen molar-refractivity contribution in [2.45, 2.75) is 50.9 Å². The number of nitrogens with zero attached hydrogens (tertiary/aromatic N) is 3. The van der Waals surface area contributed by atoms with E-state index >= 15 is 0 Å². The van der Waals surface area contributed by atoms with E-state index in [0.717, 1.165) is 22.5 Å². The molecule has 0 saturated carbocycles. The van der Waals surface area contributed by atoms with Gasteiger partial charge in [-0.3, -0.25) is 5.01 Å². The number of carbonyl (C=O) groups is 1. The topological polar surface area (TPSA) is 119 Å². The highest BCUT2D eigenvalue weighted by molar-refractivity contribution is 6.30. The molecular formula is C30H36ClN5O6. The number of carboxylic acid groups (broad SMARTS) is 1. The highest BCUT2D eigenvalue weighted by Crippen LogP contribution is 2.46. The number of benzene rings is 2. The third-order valence-electron chi connectivity index (χ3n) is 7.96. The van der Waals surface area contributed by atoms with Crippen LogP contribution in [0.25, 0.3) is 5.69 Å². The first kappa shape index (κ1) is 29.7. The number of aromatic nitrogens is 1. The quantitative estimate of drug-likeness (QED) is 0.265. The molecule has 0 spiro atoms. The van der Waals surface area contributed by atoms with Crippen molar-refractivity contribution in [1.82, 2.24) is 20.6 Å². The van der Waals surface area contributed by atoms with Gasteiger partial charge in [0.25, 0.3) is 0 Å². The smallest absolute Gasteiger partial charge is 0.335 e. The number of hydrazone groups is 1. The predicted molar refractivity (Wildman–Crippen MR) is 158 cm³/mol. The first-order valence-corrected chi connectivity index (χ1v) is 14.3. The minimum Gasteiger partial charge on any atom is -0.493 e. The van der Waals surface area contributed by atoms with Gasteiger partial charge in [-0.05, 0) is 55.7 Å². The van der Waals surface area contributed by atoms with Crippen molar-refractivity contribution >= 4 is 23.4 Å². The zero-order chi connectivity index (χ0) is 29.9. The molecule has 2 aliphatic heterocycles. The van der Waals surface area contributed by atoms with Crippen LogP contribution in [0.15, 0.2) is 59.8 Å². The van der Waals surface area contributed by atoms with Crippen LogP contribution in [0.2, 0.25) is 5.02 Å². The third kappa shape index (κ3) is 5.52. The van der Waals surface area contributed by atoms with Crippen molar-refractivity contribution < 1.29 is 28.8 Å². The van der Waals surface area contributed by atoms with Gasteiger partial charge in [-0.15, -0.1) is 10.6 Å². The molecular weight excluding hydrogens is 562 g/mol. The molecule has 0 saturated heterocycles. The fraction of sp³-hybridized carbons (Fsp3) is 0.400. The summed E-state index contributed by atoms with van der Waals surface area (Å²) >= 11 is 6.51. The van der Waals surface area contributed by atoms with E-state index in [0.29, 0.717) is 48.2 Å². The largest absolute Gasteiger partial charge is 0.493 e. The number of para-hydroxylation sites is 1. The van der Waals surface area contributed by atoms with E-state index in [-0.39, 0.29) is 12.7 Å². The maximum Gasteiger partial charge on any atom is 0.335 e. The van der Waals surface area contributed by atoms with Gasteiger partial charge in [0, 0.05) is 28.9 Å². The molecule has 1 aromatic heterocycles. The number of halogens is 1. The average molecular weight is 598 g/mol. The Morgan fingerprint density at radius 3 is 2.64 bits per heavy atom. The van der Waals surface area contributed by atoms with E-state index in [2.05, 4.69) is 20.7 Å². The van der Waals surface area contributed by atoms with Crippen LogP contribution in [0.5, 0.6) is 11.5 Å². The first-order chi connectivity index (χ1) is 20.4. The molecule has 2 aromatic carbocycles. The van der Waals surface area contributed by atoms with Crippen LogP contribution < -0.4 is 20.5 Å². The van der Waals surface area contributed by atoms with E-state index in [1.54, 1.807) is 28.1 Å². The molecule has 3 N–H and O–H groups in total. The Bertz CT molecular complexity index is 1460. The Balaban J connectivity index is 1.43. The molecule has 0 aliphatic carbocycles. The summed E-state index contributed by atoms with van der Waals surface area (Å²) in [5.74, 6) is 0.761. The number of ether oxygens (including phenoxy) is 4. The fourth-order valence-electron chi connectivity index (χ4n) is 5.55. The second-order valence-electron chi connectivity index (χ2n) is 10.1. The number of fused-ring (bicyclic) bond motifs is 3. The number of hydrazine groups is 2. The van der Waals surface area contributed by atoms with Crippen LogP contribution in [0, 0.1) is 0 Å². The van der Waals surface area contributed by atoms with Gasteiger partial charge in [-0.25, -0.2) is 10.3 Å². The van der Waals surface area contributed by atoms with Crippen LogP contribution in [-0.2, 0) is 14.3 Å². The van der Waals surface area contributed by atoms with E-state index in [1.807, 2.05) is 59.7 Å². The van der Waals surface area contributed by atoms with Crippen molar-refractivity contribution in [2.24, 2.45) is 5.10 Å². The zero-order valence-electron chi connectivity index (χ0n) is 24.1. The van der Waals surface area contributed by atoms with E-state index in [1.165, 1.54) is 0 Å². The van der Waals surface area contributed by atoms with Crippen molar-refractivity contribution in [1.29, 1.82) is 0 Å². The summed E-state index contributed by atoms with van der Waals surface area (Å²) in [6.07, 6.45) is 2.41. The van der Waals surface area contributed by atoms with Gasteiger partial charge in [0.1, 0.15) is 18.8 Å². The second-order valence-corrected chi connectivity index (χ2v) is 10.5. The second kappa shape index (κ2) is 12.6. The van der Waals surface area contributed by atoms with Gasteiger partial charge < -0.3 is 28.6 Å². The SMILES string of the molecule is CCC(CC)(OCC1=NNNN1CC[C@H]1O[C@H](c2cccc(OC)c2OC)c2cc(Cl)ccc2-n2cccc21)C(=O)O. The maximum absolute atomic E-state index is 11.9. The minimum absolute atomic E-state index is 0.0312. The highest BCUT2D eigenvalue weighted by atomic mass is 35.5. The molecule has 2 aliphatic rings. The van der Waals surface area contributed by atoms with Crippen LogP contribution in [0.3, 0.4) is 0 Å². The standard InChI is InChI=1S/C30H36ClN5O6/c1-5-30(6-2,29(37)38)41-18-26-32-33-34-36(26)16-14-24-23-10-8-15-35(23)22-13-12-19(31)17-21(22)27(42-24)20-9-7-11-25(39-3)28(20)40-4/h7-13,15,17,24,27,33-34H,5-6,14,16,18H2,1-4H3,(H,37,38)/t24-,27-/m1/s1. The van der Waals surface area contributed by atoms with Gasteiger partial charge in [0.05, 0.1) is 25.6 Å². The van der Waals surface area contributed by atoms with Crippen LogP contribution >= 0.6 is 11.6 Å². The van der Waals surface area contributed by atoms with E-state index < -0.39 is 17.7 Å². The predicted octanol–water partition coefficient (Wildman–Crippen LogP) is 5.00. The third-order valence-corrected chi connectivity index (χ3v) is 8.20. The van der Waals surface area contributed by atoms with Crippen molar-refractivity contribution in [3.63, 3.8) is 0 Å². The van der Waals surface area contributed by atoms with Gasteiger partial charge >= 0.3 is 5.97 Å². The lowest BCUT2D eigenvalue weighted by Crippen LogP contribution is -2.46. The van der Waals surface area contributed by atoms with Gasteiger partial charge in [0.15, 0.2) is 22.9 Å². The van der Waals surface area contributed by atoms with Crippen LogP contribution in [0.1, 0.15) is 62.1 Å². The number of nitrogens with one attached hydrogen (secondary N) is 2. The van der Waals surface area contributed by atoms with Gasteiger partial charge in [0.2, 0.25) is 0 Å². The average Bonchev–Trinajstić information content (AvgIpc) is 3.65. The lowest BCUT2D eigenvalue weighted by Gasteiger charge is -2.29. The fourth-order valence-corrected chi connectivity index (χ4v) is 5.73. The molecule has 42 heavy (non-hydrogen) atoms. The molecule has 3 heterocycles. The number of amidine groups is 1. The van der Waals surface area contributed by atoms with Gasteiger partial charge in [-0.1, -0.05) is 37.6 Å². The molecule has 0 fully saturated rings. The van der Waals surface area contributed by atoms with Crippen molar-refractivity contribution in [3.05, 3.63) is 76.6 Å². The Kier molecular flexibility index (Phi) is 8.93. The number of aliphatic carboxylic acids is 1. The number of hydrogen-bond donors (Lipinski definition) is 3. The maximum atomic E-state index is 11.9. The van der Waals surface area contributed by atoms with Crippen LogP contribution in [0.4, 0.5) is 0 Å². The number of rotatable bonds is 12. The first-order valence-electron chi connectivity index (χ1n) is 13.9. The van der Waals surface area contributed by atoms with Crippen LogP contribution in [-0.4, -0.2) is 59.5 Å². The highest BCUT2D eigenvalue weighted by Gasteiger charge is 2.38. The minimum atomic E-state index is -1.27. The Morgan fingerprint density at radius 1 is 1.12 bits per heavy atom. The Morgan fingerprint density at radius 2 is 1.93 bits per heavy atom. The summed E-state index contributed by atoms with van der Waals surface area (Å²) in [5.41, 5.74) is 8.17. The normalized spacial score (nSPS) is 18.0. The Hall–Kier alpha value is -3.77. The summed E-state index contributed by atoms with van der Waals surface area (Å²) in [6.45, 7) is 4.13. The van der Waals surface area contributed by atoms with Crippen molar-refractivity contribution in [2.75, 3.05) is 27.4 Å². The van der Waals surface area contributed by atoms with E-state index in [4.69, 9.17) is 30.5 Å². The number of methoxy groups -OCH3 is 2. The van der Waals surface area contributed by atoms with Gasteiger partial charge in [-0.2, -0.15) is 0 Å². The monoisotopic (exact) mass is 597 g/mol. The molecule has 12 heteroatoms. The summed E-state index contributed by atoms with van der Waals surface area (Å²) in [6, 6.07) is 15.6. The number of hydrogen-bond acceptors (Lipinski definition) is 9. The molecule has 11 nitrogen and oxygen atoms in total. The molecule has 0 amide bonds.